The van der Waals surface area contributed by atoms with Gasteiger partial charge in [0.05, 0.1) is 7.11 Å². The molecular weight excluding hydrogens is 166 g/mol. The number of methoxy groups -OCH3 is 1. The van der Waals surface area contributed by atoms with E-state index in [0.717, 1.165) is 25.8 Å². The summed E-state index contributed by atoms with van der Waals surface area (Å²) in [7, 11) is 3.40. The zero-order valence-electron chi connectivity index (χ0n) is 9.17. The standard InChI is InChI=1S/C10H21NO2/c1-5-7-8-9(10(12)13-4)11(3)6-2/h9H,5-8H2,1-4H3. The molecule has 13 heavy (non-hydrogen) atoms. The lowest BCUT2D eigenvalue weighted by Gasteiger charge is -2.24. The molecule has 1 atom stereocenters. The second-order valence-electron chi connectivity index (χ2n) is 3.25. The SMILES string of the molecule is CCCCC(C(=O)OC)N(C)CC. The Labute approximate surface area is 81.1 Å². The van der Waals surface area contributed by atoms with E-state index in [0.29, 0.717) is 0 Å². The molecule has 0 heterocycles. The van der Waals surface area contributed by atoms with Gasteiger partial charge in [-0.05, 0) is 20.0 Å². The summed E-state index contributed by atoms with van der Waals surface area (Å²) in [5.74, 6) is -0.113. The van der Waals surface area contributed by atoms with E-state index in [1.807, 2.05) is 18.9 Å². The molecule has 0 aliphatic heterocycles. The fourth-order valence-corrected chi connectivity index (χ4v) is 1.27. The summed E-state index contributed by atoms with van der Waals surface area (Å²) in [6, 6.07) is -0.0602. The van der Waals surface area contributed by atoms with E-state index in [9.17, 15) is 4.79 Å². The zero-order chi connectivity index (χ0) is 10.3. The van der Waals surface area contributed by atoms with Crippen LogP contribution in [-0.4, -0.2) is 37.6 Å². The molecule has 0 rings (SSSR count). The molecule has 1 unspecified atom stereocenters. The quantitative estimate of drug-likeness (QED) is 0.592. The Morgan fingerprint density at radius 1 is 1.46 bits per heavy atom. The molecule has 0 saturated heterocycles. The van der Waals surface area contributed by atoms with Crippen molar-refractivity contribution in [2.75, 3.05) is 20.7 Å². The van der Waals surface area contributed by atoms with Crippen LogP contribution in [0, 0.1) is 0 Å². The highest BCUT2D eigenvalue weighted by Gasteiger charge is 2.21. The molecule has 0 fully saturated rings. The van der Waals surface area contributed by atoms with Crippen molar-refractivity contribution in [3.63, 3.8) is 0 Å². The first-order chi connectivity index (χ1) is 6.17. The number of unbranched alkanes of at least 4 members (excludes halogenated alkanes) is 1. The first kappa shape index (κ1) is 12.4. The number of hydrogen-bond donors (Lipinski definition) is 0. The molecule has 0 aromatic carbocycles. The van der Waals surface area contributed by atoms with Gasteiger partial charge in [-0.3, -0.25) is 9.69 Å². The average Bonchev–Trinajstić information content (AvgIpc) is 2.17. The van der Waals surface area contributed by atoms with Crippen molar-refractivity contribution in [3.8, 4) is 0 Å². The fourth-order valence-electron chi connectivity index (χ4n) is 1.27. The zero-order valence-corrected chi connectivity index (χ0v) is 9.17. The molecule has 78 valence electrons. The summed E-state index contributed by atoms with van der Waals surface area (Å²) >= 11 is 0. The lowest BCUT2D eigenvalue weighted by atomic mass is 10.1. The van der Waals surface area contributed by atoms with Gasteiger partial charge in [0.2, 0.25) is 0 Å². The maximum absolute atomic E-state index is 11.4. The molecule has 3 heteroatoms. The van der Waals surface area contributed by atoms with Gasteiger partial charge in [-0.15, -0.1) is 0 Å². The van der Waals surface area contributed by atoms with Gasteiger partial charge < -0.3 is 4.74 Å². The molecule has 0 aromatic heterocycles. The highest BCUT2D eigenvalue weighted by molar-refractivity contribution is 5.75. The molecule has 0 bridgehead atoms. The maximum Gasteiger partial charge on any atom is 0.323 e. The average molecular weight is 187 g/mol. The summed E-state index contributed by atoms with van der Waals surface area (Å²) in [6.07, 6.45) is 3.09. The third-order valence-electron chi connectivity index (χ3n) is 2.34. The Bertz CT molecular complexity index is 148. The number of hydrogen-bond acceptors (Lipinski definition) is 3. The minimum Gasteiger partial charge on any atom is -0.468 e. The molecule has 0 saturated carbocycles. The molecule has 0 aliphatic rings. The molecule has 0 aromatic rings. The molecule has 0 aliphatic carbocycles. The van der Waals surface area contributed by atoms with Crippen molar-refractivity contribution in [1.82, 2.24) is 4.90 Å². The van der Waals surface area contributed by atoms with Crippen molar-refractivity contribution in [1.29, 1.82) is 0 Å². The van der Waals surface area contributed by atoms with Gasteiger partial charge in [0.1, 0.15) is 6.04 Å². The normalized spacial score (nSPS) is 13.0. The number of rotatable bonds is 6. The monoisotopic (exact) mass is 187 g/mol. The van der Waals surface area contributed by atoms with Gasteiger partial charge in [-0.1, -0.05) is 26.7 Å². The van der Waals surface area contributed by atoms with Crippen LogP contribution >= 0.6 is 0 Å². The van der Waals surface area contributed by atoms with Crippen LogP contribution in [0.2, 0.25) is 0 Å². The van der Waals surface area contributed by atoms with Crippen LogP contribution in [0.3, 0.4) is 0 Å². The largest absolute Gasteiger partial charge is 0.468 e. The number of nitrogens with zero attached hydrogens (tertiary/aromatic N) is 1. The number of likely N-dealkylation sites (N-methyl/N-ethyl adjacent to an activating group) is 1. The Balaban J connectivity index is 4.09. The lowest BCUT2D eigenvalue weighted by molar-refractivity contribution is -0.146. The summed E-state index contributed by atoms with van der Waals surface area (Å²) in [5, 5.41) is 0. The summed E-state index contributed by atoms with van der Waals surface area (Å²) < 4.78 is 4.75. The van der Waals surface area contributed by atoms with Gasteiger partial charge in [0, 0.05) is 0 Å². The summed E-state index contributed by atoms with van der Waals surface area (Å²) in [4.78, 5) is 13.4. The number of ether oxygens (including phenoxy) is 1. The molecule has 0 spiro atoms. The maximum atomic E-state index is 11.4. The smallest absolute Gasteiger partial charge is 0.323 e. The van der Waals surface area contributed by atoms with Gasteiger partial charge in [-0.25, -0.2) is 0 Å². The minimum atomic E-state index is -0.113. The van der Waals surface area contributed by atoms with Crippen LogP contribution in [0.15, 0.2) is 0 Å². The van der Waals surface area contributed by atoms with Crippen LogP contribution in [0.1, 0.15) is 33.1 Å². The van der Waals surface area contributed by atoms with E-state index in [4.69, 9.17) is 4.74 Å². The van der Waals surface area contributed by atoms with Crippen molar-refractivity contribution in [2.24, 2.45) is 0 Å². The highest BCUT2D eigenvalue weighted by atomic mass is 16.5. The van der Waals surface area contributed by atoms with Crippen molar-refractivity contribution >= 4 is 5.97 Å². The van der Waals surface area contributed by atoms with Crippen LogP contribution < -0.4 is 0 Å². The third kappa shape index (κ3) is 4.27. The highest BCUT2D eigenvalue weighted by Crippen LogP contribution is 2.08. The molecular formula is C10H21NO2. The van der Waals surface area contributed by atoms with Crippen molar-refractivity contribution in [3.05, 3.63) is 0 Å². The predicted octanol–water partition coefficient (Wildman–Crippen LogP) is 1.67. The number of carbonyl (C=O) groups is 1. The van der Waals surface area contributed by atoms with Gasteiger partial charge in [-0.2, -0.15) is 0 Å². The van der Waals surface area contributed by atoms with Crippen molar-refractivity contribution in [2.45, 2.75) is 39.2 Å². The van der Waals surface area contributed by atoms with E-state index in [1.165, 1.54) is 7.11 Å². The Kier molecular flexibility index (Phi) is 6.59. The van der Waals surface area contributed by atoms with E-state index >= 15 is 0 Å². The van der Waals surface area contributed by atoms with Crippen LogP contribution in [0.4, 0.5) is 0 Å². The van der Waals surface area contributed by atoms with E-state index in [2.05, 4.69) is 6.92 Å². The van der Waals surface area contributed by atoms with Crippen LogP contribution in [0.5, 0.6) is 0 Å². The lowest BCUT2D eigenvalue weighted by Crippen LogP contribution is -2.39. The second-order valence-corrected chi connectivity index (χ2v) is 3.25. The topological polar surface area (TPSA) is 29.5 Å². The number of esters is 1. The van der Waals surface area contributed by atoms with Crippen LogP contribution in [-0.2, 0) is 9.53 Å². The second kappa shape index (κ2) is 6.89. The van der Waals surface area contributed by atoms with Gasteiger partial charge in [0.25, 0.3) is 0 Å². The molecule has 0 amide bonds. The predicted molar refractivity (Wildman–Crippen MR) is 53.6 cm³/mol. The summed E-state index contributed by atoms with van der Waals surface area (Å²) in [6.45, 7) is 5.05. The van der Waals surface area contributed by atoms with Crippen LogP contribution in [0.25, 0.3) is 0 Å². The Morgan fingerprint density at radius 2 is 2.08 bits per heavy atom. The van der Waals surface area contributed by atoms with E-state index in [-0.39, 0.29) is 12.0 Å². The van der Waals surface area contributed by atoms with E-state index in [1.54, 1.807) is 0 Å². The Hall–Kier alpha value is -0.570. The minimum absolute atomic E-state index is 0.0602. The molecule has 0 N–H and O–H groups in total. The molecule has 3 nitrogen and oxygen atoms in total. The van der Waals surface area contributed by atoms with E-state index < -0.39 is 0 Å². The number of carbonyl (C=O) groups excluding carboxylic acids is 1. The first-order valence-electron chi connectivity index (χ1n) is 4.95. The van der Waals surface area contributed by atoms with Crippen molar-refractivity contribution < 1.29 is 9.53 Å². The van der Waals surface area contributed by atoms with Gasteiger partial charge >= 0.3 is 5.97 Å². The Morgan fingerprint density at radius 3 is 2.46 bits per heavy atom. The third-order valence-corrected chi connectivity index (χ3v) is 2.34. The molecule has 0 radical (unpaired) electrons. The first-order valence-corrected chi connectivity index (χ1v) is 4.95. The fraction of sp³-hybridized carbons (Fsp3) is 0.900. The van der Waals surface area contributed by atoms with Gasteiger partial charge in [0.15, 0.2) is 0 Å². The summed E-state index contributed by atoms with van der Waals surface area (Å²) in [5.41, 5.74) is 0.